The zero-order chi connectivity index (χ0) is 20.2. The van der Waals surface area contributed by atoms with E-state index >= 15 is 0 Å². The van der Waals surface area contributed by atoms with Crippen LogP contribution in [0.15, 0.2) is 47.4 Å². The van der Waals surface area contributed by atoms with Crippen LogP contribution in [0.5, 0.6) is 0 Å². The van der Waals surface area contributed by atoms with Gasteiger partial charge in [0, 0.05) is 25.3 Å². The Hall–Kier alpha value is -2.71. The molecule has 2 amide bonds. The molecule has 2 aromatic rings. The van der Waals surface area contributed by atoms with Crippen molar-refractivity contribution >= 4 is 33.2 Å². The van der Waals surface area contributed by atoms with Crippen LogP contribution in [-0.2, 0) is 19.6 Å². The predicted molar refractivity (Wildman–Crippen MR) is 105 cm³/mol. The maximum absolute atomic E-state index is 12.8. The van der Waals surface area contributed by atoms with Crippen molar-refractivity contribution in [2.75, 3.05) is 24.2 Å². The Morgan fingerprint density at radius 1 is 1.00 bits per heavy atom. The number of benzene rings is 2. The van der Waals surface area contributed by atoms with Gasteiger partial charge in [-0.25, -0.2) is 8.42 Å². The summed E-state index contributed by atoms with van der Waals surface area (Å²) in [5, 5.41) is 5.26. The van der Waals surface area contributed by atoms with E-state index in [4.69, 9.17) is 0 Å². The van der Waals surface area contributed by atoms with Crippen LogP contribution in [-0.4, -0.2) is 38.1 Å². The highest BCUT2D eigenvalue weighted by Crippen LogP contribution is 2.20. The van der Waals surface area contributed by atoms with Gasteiger partial charge in [-0.15, -0.1) is 0 Å². The Morgan fingerprint density at radius 2 is 1.63 bits per heavy atom. The van der Waals surface area contributed by atoms with E-state index in [1.807, 2.05) is 13.0 Å². The Labute approximate surface area is 159 Å². The zero-order valence-corrected chi connectivity index (χ0v) is 16.6. The molecule has 0 aliphatic rings. The van der Waals surface area contributed by atoms with Gasteiger partial charge in [-0.05, 0) is 49.2 Å². The topological polar surface area (TPSA) is 95.6 Å². The third-order valence-corrected chi connectivity index (χ3v) is 5.81. The summed E-state index contributed by atoms with van der Waals surface area (Å²) in [6.45, 7) is 4.58. The predicted octanol–water partition coefficient (Wildman–Crippen LogP) is 2.52. The van der Waals surface area contributed by atoms with Gasteiger partial charge in [-0.1, -0.05) is 18.2 Å². The van der Waals surface area contributed by atoms with Crippen molar-refractivity contribution in [1.82, 2.24) is 4.31 Å². The molecule has 0 spiro atoms. The van der Waals surface area contributed by atoms with Crippen molar-refractivity contribution in [2.45, 2.75) is 25.7 Å². The first-order valence-electron chi connectivity index (χ1n) is 8.30. The maximum atomic E-state index is 12.8. The largest absolute Gasteiger partial charge is 0.326 e. The minimum Gasteiger partial charge on any atom is -0.326 e. The van der Waals surface area contributed by atoms with Gasteiger partial charge >= 0.3 is 0 Å². The molecule has 0 saturated carbocycles. The Bertz CT molecular complexity index is 971. The van der Waals surface area contributed by atoms with E-state index in [0.717, 1.165) is 9.87 Å². The lowest BCUT2D eigenvalue weighted by molar-refractivity contribution is -0.116. The average molecular weight is 389 g/mol. The number of carbonyl (C=O) groups excluding carboxylic acids is 2. The molecule has 2 aromatic carbocycles. The van der Waals surface area contributed by atoms with Gasteiger partial charge in [-0.2, -0.15) is 4.31 Å². The number of rotatable bonds is 6. The molecular weight excluding hydrogens is 366 g/mol. The number of hydrogen-bond acceptors (Lipinski definition) is 4. The minimum absolute atomic E-state index is 0.186. The summed E-state index contributed by atoms with van der Waals surface area (Å²) in [5.74, 6) is -0.704. The molecule has 7 nitrogen and oxygen atoms in total. The van der Waals surface area contributed by atoms with Gasteiger partial charge < -0.3 is 10.6 Å². The van der Waals surface area contributed by atoms with Gasteiger partial charge in [0.1, 0.15) is 0 Å². The number of likely N-dealkylation sites (N-methyl/N-ethyl adjacent to an activating group) is 1. The van der Waals surface area contributed by atoms with Gasteiger partial charge in [0.05, 0.1) is 11.4 Å². The van der Waals surface area contributed by atoms with E-state index in [-0.39, 0.29) is 17.3 Å². The number of nitrogens with one attached hydrogen (secondary N) is 2. The number of sulfonamides is 1. The molecule has 2 N–H and O–H groups in total. The second kappa shape index (κ2) is 8.32. The molecule has 0 unspecified atom stereocenters. The van der Waals surface area contributed by atoms with Crippen molar-refractivity contribution in [3.05, 3.63) is 53.6 Å². The summed E-state index contributed by atoms with van der Waals surface area (Å²) in [6.07, 6.45) is 0. The molecule has 0 aliphatic heterocycles. The van der Waals surface area contributed by atoms with Crippen molar-refractivity contribution in [3.8, 4) is 0 Å². The van der Waals surface area contributed by atoms with E-state index in [2.05, 4.69) is 10.6 Å². The number of carbonyl (C=O) groups is 2. The lowest BCUT2D eigenvalue weighted by Gasteiger charge is -2.18. The standard InChI is InChI=1S/C19H23N3O4S/c1-13-8-9-14(2)18(10-13)27(25,26)22(4)12-19(24)21-17-7-5-6-16(11-17)20-15(3)23/h5-11H,12H2,1-4H3,(H,20,23)(H,21,24). The molecule has 0 aromatic heterocycles. The van der Waals surface area contributed by atoms with Crippen molar-refractivity contribution in [1.29, 1.82) is 0 Å². The second-order valence-corrected chi connectivity index (χ2v) is 8.35. The summed E-state index contributed by atoms with van der Waals surface area (Å²) in [5.41, 5.74) is 2.45. The van der Waals surface area contributed by atoms with Crippen molar-refractivity contribution in [3.63, 3.8) is 0 Å². The first-order valence-corrected chi connectivity index (χ1v) is 9.74. The molecule has 8 heteroatoms. The van der Waals surface area contributed by atoms with E-state index in [1.165, 1.54) is 14.0 Å². The first-order chi connectivity index (χ1) is 12.6. The van der Waals surface area contributed by atoms with Crippen molar-refractivity contribution < 1.29 is 18.0 Å². The van der Waals surface area contributed by atoms with Gasteiger partial charge in [0.2, 0.25) is 21.8 Å². The van der Waals surface area contributed by atoms with Gasteiger partial charge in [0.25, 0.3) is 0 Å². The molecule has 0 bridgehead atoms. The number of hydrogen-bond donors (Lipinski definition) is 2. The molecule has 0 fully saturated rings. The summed E-state index contributed by atoms with van der Waals surface area (Å²) in [4.78, 5) is 23.6. The van der Waals surface area contributed by atoms with Crippen LogP contribution >= 0.6 is 0 Å². The van der Waals surface area contributed by atoms with Crippen LogP contribution < -0.4 is 10.6 Å². The first kappa shape index (κ1) is 20.6. The van der Waals surface area contributed by atoms with E-state index in [1.54, 1.807) is 43.3 Å². The normalized spacial score (nSPS) is 11.3. The quantitative estimate of drug-likeness (QED) is 0.794. The van der Waals surface area contributed by atoms with E-state index in [9.17, 15) is 18.0 Å². The number of aryl methyl sites for hydroxylation is 2. The van der Waals surface area contributed by atoms with Crippen LogP contribution in [0.3, 0.4) is 0 Å². The molecular formula is C19H23N3O4S. The third-order valence-electron chi connectivity index (χ3n) is 3.86. The summed E-state index contributed by atoms with van der Waals surface area (Å²) in [7, 11) is -2.42. The van der Waals surface area contributed by atoms with Crippen LogP contribution in [0.4, 0.5) is 11.4 Å². The lowest BCUT2D eigenvalue weighted by Crippen LogP contribution is -2.35. The molecule has 0 radical (unpaired) electrons. The van der Waals surface area contributed by atoms with Crippen LogP contribution in [0.25, 0.3) is 0 Å². The molecule has 0 heterocycles. The molecule has 0 aliphatic carbocycles. The Kier molecular flexibility index (Phi) is 6.35. The lowest BCUT2D eigenvalue weighted by atomic mass is 10.2. The highest BCUT2D eigenvalue weighted by Gasteiger charge is 2.24. The Morgan fingerprint density at radius 3 is 2.26 bits per heavy atom. The summed E-state index contributed by atoms with van der Waals surface area (Å²) < 4.78 is 26.5. The fourth-order valence-corrected chi connectivity index (χ4v) is 3.95. The van der Waals surface area contributed by atoms with Gasteiger partial charge in [-0.3, -0.25) is 9.59 Å². The smallest absolute Gasteiger partial charge is 0.243 e. The molecule has 144 valence electrons. The maximum Gasteiger partial charge on any atom is 0.243 e. The number of anilines is 2. The van der Waals surface area contributed by atoms with Gasteiger partial charge in [0.15, 0.2) is 0 Å². The van der Waals surface area contributed by atoms with E-state index in [0.29, 0.717) is 16.9 Å². The number of amides is 2. The Balaban J connectivity index is 2.11. The fourth-order valence-electron chi connectivity index (χ4n) is 2.52. The second-order valence-electron chi connectivity index (χ2n) is 6.34. The zero-order valence-electron chi connectivity index (χ0n) is 15.7. The van der Waals surface area contributed by atoms with E-state index < -0.39 is 15.9 Å². The highest BCUT2D eigenvalue weighted by atomic mass is 32.2. The van der Waals surface area contributed by atoms with Crippen molar-refractivity contribution in [2.24, 2.45) is 0 Å². The van der Waals surface area contributed by atoms with Crippen LogP contribution in [0, 0.1) is 13.8 Å². The number of nitrogens with zero attached hydrogens (tertiary/aromatic N) is 1. The van der Waals surface area contributed by atoms with Crippen LogP contribution in [0.1, 0.15) is 18.1 Å². The summed E-state index contributed by atoms with van der Waals surface area (Å²) in [6, 6.07) is 11.8. The molecule has 2 rings (SSSR count). The fraction of sp³-hybridized carbons (Fsp3) is 0.263. The molecule has 0 saturated heterocycles. The highest BCUT2D eigenvalue weighted by molar-refractivity contribution is 7.89. The minimum atomic E-state index is -3.79. The third kappa shape index (κ3) is 5.38. The van der Waals surface area contributed by atoms with Crippen LogP contribution in [0.2, 0.25) is 0 Å². The molecule has 27 heavy (non-hydrogen) atoms. The monoisotopic (exact) mass is 389 g/mol. The SMILES string of the molecule is CC(=O)Nc1cccc(NC(=O)CN(C)S(=O)(=O)c2cc(C)ccc2C)c1. The molecule has 0 atom stereocenters. The summed E-state index contributed by atoms with van der Waals surface area (Å²) >= 11 is 0. The average Bonchev–Trinajstić information content (AvgIpc) is 2.56.